The maximum Gasteiger partial charge on any atom is 0.234 e. The molecule has 0 aliphatic rings. The fraction of sp³-hybridized carbons (Fsp3) is 0.250. The molecule has 3 rings (SSSR count). The van der Waals surface area contributed by atoms with E-state index in [4.69, 9.17) is 16.3 Å². The van der Waals surface area contributed by atoms with E-state index in [0.717, 1.165) is 5.75 Å². The number of aromatic amines is 1. The second kappa shape index (κ2) is 9.61. The summed E-state index contributed by atoms with van der Waals surface area (Å²) in [7, 11) is 0. The Morgan fingerprint density at radius 3 is 2.68 bits per heavy atom. The second-order valence-electron chi connectivity index (χ2n) is 6.39. The molecule has 28 heavy (non-hydrogen) atoms. The molecule has 0 aliphatic carbocycles. The van der Waals surface area contributed by atoms with Gasteiger partial charge in [-0.3, -0.25) is 9.89 Å². The fourth-order valence-corrected chi connectivity index (χ4v) is 3.19. The molecule has 1 heterocycles. The number of rotatable bonds is 8. The maximum absolute atomic E-state index is 12.0. The third-order valence-corrected chi connectivity index (χ3v) is 5.09. The molecule has 0 radical (unpaired) electrons. The summed E-state index contributed by atoms with van der Waals surface area (Å²) in [5.74, 6) is 1.86. The number of amides is 1. The minimum Gasteiger partial charge on any atom is -0.486 e. The first-order chi connectivity index (χ1) is 13.5. The van der Waals surface area contributed by atoms with Crippen molar-refractivity contribution in [3.8, 4) is 5.75 Å². The minimum absolute atomic E-state index is 0.175. The molecule has 8 heteroatoms. The molecule has 3 aromatic rings. The predicted octanol–water partition coefficient (Wildman–Crippen LogP) is 4.89. The van der Waals surface area contributed by atoms with E-state index in [1.807, 2.05) is 24.3 Å². The highest BCUT2D eigenvalue weighted by Gasteiger charge is 2.10. The smallest absolute Gasteiger partial charge is 0.234 e. The molecule has 0 spiro atoms. The highest BCUT2D eigenvalue weighted by Crippen LogP contribution is 2.22. The predicted molar refractivity (Wildman–Crippen MR) is 112 cm³/mol. The lowest BCUT2D eigenvalue weighted by molar-refractivity contribution is -0.113. The zero-order valence-corrected chi connectivity index (χ0v) is 17.2. The summed E-state index contributed by atoms with van der Waals surface area (Å²) in [6.07, 6.45) is 0. The highest BCUT2D eigenvalue weighted by atomic mass is 35.5. The Morgan fingerprint density at radius 2 is 1.96 bits per heavy atom. The van der Waals surface area contributed by atoms with Crippen LogP contribution in [-0.2, 0) is 11.4 Å². The third kappa shape index (κ3) is 5.74. The standard InChI is InChI=1S/C20H21ClN4O2S/c1-13(2)14-7-9-15(10-8-14)27-11-18-23-20(25-24-18)28-12-19(26)22-17-6-4-3-5-16(17)21/h3-10,13H,11-12H2,1-2H3,(H,22,26)(H,23,24,25). The molecule has 1 amide bonds. The number of ether oxygens (including phenoxy) is 1. The Bertz CT molecular complexity index is 928. The molecule has 146 valence electrons. The summed E-state index contributed by atoms with van der Waals surface area (Å²) in [5, 5.41) is 10.7. The second-order valence-corrected chi connectivity index (χ2v) is 7.74. The number of carbonyl (C=O) groups is 1. The van der Waals surface area contributed by atoms with Gasteiger partial charge in [0.15, 0.2) is 5.82 Å². The van der Waals surface area contributed by atoms with E-state index < -0.39 is 0 Å². The summed E-state index contributed by atoms with van der Waals surface area (Å²) >= 11 is 7.27. The van der Waals surface area contributed by atoms with Crippen molar-refractivity contribution in [3.63, 3.8) is 0 Å². The maximum atomic E-state index is 12.0. The van der Waals surface area contributed by atoms with E-state index in [1.54, 1.807) is 12.1 Å². The fourth-order valence-electron chi connectivity index (χ4n) is 2.39. The topological polar surface area (TPSA) is 79.9 Å². The SMILES string of the molecule is CC(C)c1ccc(OCc2nc(SCC(=O)Nc3ccccc3Cl)n[nH]2)cc1. The zero-order chi connectivity index (χ0) is 19.9. The number of anilines is 1. The van der Waals surface area contributed by atoms with Gasteiger partial charge in [0.05, 0.1) is 16.5 Å². The molecular formula is C20H21ClN4O2S. The minimum atomic E-state index is -0.175. The number of aromatic nitrogens is 3. The van der Waals surface area contributed by atoms with Crippen LogP contribution in [0.4, 0.5) is 5.69 Å². The van der Waals surface area contributed by atoms with Gasteiger partial charge in [-0.1, -0.05) is 61.5 Å². The van der Waals surface area contributed by atoms with Crippen LogP contribution < -0.4 is 10.1 Å². The Hall–Kier alpha value is -2.51. The molecule has 2 N–H and O–H groups in total. The van der Waals surface area contributed by atoms with Crippen LogP contribution in [0, 0.1) is 0 Å². The van der Waals surface area contributed by atoms with Gasteiger partial charge in [0.1, 0.15) is 12.4 Å². The largest absolute Gasteiger partial charge is 0.486 e. The molecule has 0 bridgehead atoms. The van der Waals surface area contributed by atoms with Gasteiger partial charge in [-0.05, 0) is 35.7 Å². The van der Waals surface area contributed by atoms with Crippen molar-refractivity contribution in [2.75, 3.05) is 11.1 Å². The zero-order valence-electron chi connectivity index (χ0n) is 15.6. The lowest BCUT2D eigenvalue weighted by Gasteiger charge is -2.07. The Labute approximate surface area is 173 Å². The van der Waals surface area contributed by atoms with E-state index in [1.165, 1.54) is 17.3 Å². The van der Waals surface area contributed by atoms with Crippen LogP contribution in [0.15, 0.2) is 53.7 Å². The Kier molecular flexibility index (Phi) is 6.95. The normalized spacial score (nSPS) is 10.9. The average molecular weight is 417 g/mol. The van der Waals surface area contributed by atoms with Gasteiger partial charge in [-0.2, -0.15) is 0 Å². The van der Waals surface area contributed by atoms with Crippen molar-refractivity contribution in [1.82, 2.24) is 15.2 Å². The van der Waals surface area contributed by atoms with Crippen LogP contribution in [0.1, 0.15) is 31.2 Å². The summed E-state index contributed by atoms with van der Waals surface area (Å²) in [6, 6.07) is 15.1. The van der Waals surface area contributed by atoms with Crippen molar-refractivity contribution >= 4 is 35.0 Å². The molecule has 0 saturated heterocycles. The van der Waals surface area contributed by atoms with Crippen molar-refractivity contribution in [1.29, 1.82) is 0 Å². The van der Waals surface area contributed by atoms with E-state index in [9.17, 15) is 4.79 Å². The van der Waals surface area contributed by atoms with Gasteiger partial charge in [0, 0.05) is 0 Å². The van der Waals surface area contributed by atoms with E-state index in [0.29, 0.717) is 27.6 Å². The van der Waals surface area contributed by atoms with Crippen molar-refractivity contribution in [2.45, 2.75) is 31.5 Å². The van der Waals surface area contributed by atoms with Crippen LogP contribution >= 0.6 is 23.4 Å². The monoisotopic (exact) mass is 416 g/mol. The molecule has 0 atom stereocenters. The Balaban J connectivity index is 1.46. The molecule has 2 aromatic carbocycles. The van der Waals surface area contributed by atoms with Crippen LogP contribution in [0.3, 0.4) is 0 Å². The molecule has 0 saturated carbocycles. The average Bonchev–Trinajstić information content (AvgIpc) is 3.15. The lowest BCUT2D eigenvalue weighted by Crippen LogP contribution is -2.14. The quantitative estimate of drug-likeness (QED) is 0.511. The van der Waals surface area contributed by atoms with Gasteiger partial charge < -0.3 is 10.1 Å². The first kappa shape index (κ1) is 20.2. The number of hydrogen-bond acceptors (Lipinski definition) is 5. The first-order valence-electron chi connectivity index (χ1n) is 8.82. The number of H-pyrrole nitrogens is 1. The van der Waals surface area contributed by atoms with Crippen LogP contribution in [0.2, 0.25) is 5.02 Å². The third-order valence-electron chi connectivity index (χ3n) is 3.91. The molecule has 0 fully saturated rings. The van der Waals surface area contributed by atoms with Crippen molar-refractivity contribution < 1.29 is 9.53 Å². The van der Waals surface area contributed by atoms with Crippen molar-refractivity contribution in [3.05, 3.63) is 64.9 Å². The van der Waals surface area contributed by atoms with Crippen LogP contribution in [0.5, 0.6) is 5.75 Å². The summed E-state index contributed by atoms with van der Waals surface area (Å²) in [6.45, 7) is 4.58. The number of hydrogen-bond donors (Lipinski definition) is 2. The van der Waals surface area contributed by atoms with Gasteiger partial charge in [-0.15, -0.1) is 5.10 Å². The number of benzene rings is 2. The molecule has 1 aromatic heterocycles. The Morgan fingerprint density at radius 1 is 1.21 bits per heavy atom. The molecular weight excluding hydrogens is 396 g/mol. The van der Waals surface area contributed by atoms with Gasteiger partial charge in [-0.25, -0.2) is 4.98 Å². The highest BCUT2D eigenvalue weighted by molar-refractivity contribution is 7.99. The molecule has 6 nitrogen and oxygen atoms in total. The van der Waals surface area contributed by atoms with Gasteiger partial charge >= 0.3 is 0 Å². The number of para-hydroxylation sites is 1. The van der Waals surface area contributed by atoms with Crippen molar-refractivity contribution in [2.24, 2.45) is 0 Å². The van der Waals surface area contributed by atoms with E-state index >= 15 is 0 Å². The lowest BCUT2D eigenvalue weighted by atomic mass is 10.0. The summed E-state index contributed by atoms with van der Waals surface area (Å²) in [4.78, 5) is 16.4. The summed E-state index contributed by atoms with van der Waals surface area (Å²) in [5.41, 5.74) is 1.85. The summed E-state index contributed by atoms with van der Waals surface area (Å²) < 4.78 is 5.72. The number of halogens is 1. The van der Waals surface area contributed by atoms with Gasteiger partial charge in [0.2, 0.25) is 11.1 Å². The number of nitrogens with one attached hydrogen (secondary N) is 2. The van der Waals surface area contributed by atoms with Crippen LogP contribution in [0.25, 0.3) is 0 Å². The van der Waals surface area contributed by atoms with Crippen LogP contribution in [-0.4, -0.2) is 26.8 Å². The first-order valence-corrected chi connectivity index (χ1v) is 10.2. The molecule has 0 unspecified atom stereocenters. The molecule has 0 aliphatic heterocycles. The number of carbonyl (C=O) groups excluding carboxylic acids is 1. The van der Waals surface area contributed by atoms with Gasteiger partial charge in [0.25, 0.3) is 0 Å². The van der Waals surface area contributed by atoms with E-state index in [-0.39, 0.29) is 18.3 Å². The number of nitrogens with zero attached hydrogens (tertiary/aromatic N) is 2. The van der Waals surface area contributed by atoms with E-state index in [2.05, 4.69) is 46.5 Å². The number of thioether (sulfide) groups is 1.